The monoisotopic (exact) mass is 400 g/mol. The number of phenols is 4. The molecule has 2 aromatic carbocycles. The quantitative estimate of drug-likeness (QED) is 0.242. The second-order valence-corrected chi connectivity index (χ2v) is 7.88. The fourth-order valence-corrected chi connectivity index (χ4v) is 3.83. The molecule has 0 aromatic heterocycles. The van der Waals surface area contributed by atoms with E-state index in [2.05, 4.69) is 10.6 Å². The highest BCUT2D eigenvalue weighted by Gasteiger charge is 2.27. The largest absolute Gasteiger partial charge is 0.504 e. The van der Waals surface area contributed by atoms with Crippen LogP contribution in [0.25, 0.3) is 0 Å². The third-order valence-electron chi connectivity index (χ3n) is 5.62. The molecule has 3 rings (SSSR count). The summed E-state index contributed by atoms with van der Waals surface area (Å²) in [5.41, 5.74) is 3.31. The molecule has 0 spiro atoms. The van der Waals surface area contributed by atoms with Gasteiger partial charge in [-0.15, -0.1) is 0 Å². The number of benzene rings is 2. The molecule has 0 saturated heterocycles. The minimum atomic E-state index is -0.0757. The van der Waals surface area contributed by atoms with E-state index in [0.717, 1.165) is 68.6 Å². The summed E-state index contributed by atoms with van der Waals surface area (Å²) in [6, 6.07) is 8.33. The number of rotatable bonds is 12. The number of aromatic hydroxyl groups is 4. The van der Waals surface area contributed by atoms with Crippen molar-refractivity contribution in [3.05, 3.63) is 47.0 Å². The number of phenolic OH excluding ortho intramolecular Hbond substituents is 4. The molecule has 1 aliphatic rings. The Hall–Kier alpha value is -2.44. The summed E-state index contributed by atoms with van der Waals surface area (Å²) in [6.45, 7) is 3.79. The van der Waals surface area contributed by atoms with Crippen LogP contribution >= 0.6 is 0 Å². The maximum absolute atomic E-state index is 9.61. The van der Waals surface area contributed by atoms with E-state index in [1.54, 1.807) is 18.2 Å². The van der Waals surface area contributed by atoms with Crippen molar-refractivity contribution in [2.24, 2.45) is 0 Å². The predicted molar refractivity (Wildman–Crippen MR) is 114 cm³/mol. The Morgan fingerprint density at radius 2 is 1.41 bits per heavy atom. The lowest BCUT2D eigenvalue weighted by Crippen LogP contribution is -2.29. The zero-order valence-corrected chi connectivity index (χ0v) is 16.8. The summed E-state index contributed by atoms with van der Waals surface area (Å²) in [6.07, 6.45) is 6.52. The van der Waals surface area contributed by atoms with Crippen LogP contribution in [0, 0.1) is 0 Å². The van der Waals surface area contributed by atoms with E-state index in [1.807, 2.05) is 6.07 Å². The van der Waals surface area contributed by atoms with Gasteiger partial charge in [-0.1, -0.05) is 18.9 Å². The zero-order valence-electron chi connectivity index (χ0n) is 16.8. The summed E-state index contributed by atoms with van der Waals surface area (Å²) in [5.74, 6) is 0.257. The predicted octanol–water partition coefficient (Wildman–Crippen LogP) is 3.13. The minimum absolute atomic E-state index is 0.0238. The fraction of sp³-hybridized carbons (Fsp3) is 0.478. The lowest BCUT2D eigenvalue weighted by Gasteiger charge is -2.30. The van der Waals surface area contributed by atoms with Crippen molar-refractivity contribution >= 4 is 0 Å². The summed E-state index contributed by atoms with van der Waals surface area (Å²) in [5, 5.41) is 44.8. The van der Waals surface area contributed by atoms with E-state index >= 15 is 0 Å². The standard InChI is InChI=1S/C23H32N2O4/c26-20-6-5-16(11-21(20)27)7-10-24-8-3-1-2-4-9-25-15-18-12-17-13-22(28)23(29)14-19(17)18/h5-6,11,13-14,18,24-29H,1-4,7-10,12,15H2. The van der Waals surface area contributed by atoms with Crippen LogP contribution < -0.4 is 10.6 Å². The number of hydrogen-bond acceptors (Lipinski definition) is 6. The molecule has 0 bridgehead atoms. The first-order valence-electron chi connectivity index (χ1n) is 10.5. The Kier molecular flexibility index (Phi) is 7.61. The Morgan fingerprint density at radius 3 is 2.17 bits per heavy atom. The van der Waals surface area contributed by atoms with Crippen LogP contribution in [0.3, 0.4) is 0 Å². The summed E-state index contributed by atoms with van der Waals surface area (Å²) in [4.78, 5) is 0. The third kappa shape index (κ3) is 6.02. The smallest absolute Gasteiger partial charge is 0.157 e. The van der Waals surface area contributed by atoms with Gasteiger partial charge in [0.1, 0.15) is 0 Å². The van der Waals surface area contributed by atoms with Crippen LogP contribution in [-0.4, -0.2) is 46.6 Å². The minimum Gasteiger partial charge on any atom is -0.504 e. The van der Waals surface area contributed by atoms with Crippen molar-refractivity contribution in [2.45, 2.75) is 44.4 Å². The van der Waals surface area contributed by atoms with Crippen molar-refractivity contribution in [1.82, 2.24) is 10.6 Å². The highest BCUT2D eigenvalue weighted by atomic mass is 16.3. The van der Waals surface area contributed by atoms with Crippen molar-refractivity contribution < 1.29 is 20.4 Å². The van der Waals surface area contributed by atoms with Crippen molar-refractivity contribution in [1.29, 1.82) is 0 Å². The van der Waals surface area contributed by atoms with E-state index in [1.165, 1.54) is 18.9 Å². The molecule has 1 unspecified atom stereocenters. The molecule has 6 N–H and O–H groups in total. The molecule has 0 aliphatic heterocycles. The Labute approximate surface area is 172 Å². The first-order chi connectivity index (χ1) is 14.0. The maximum Gasteiger partial charge on any atom is 0.157 e. The van der Waals surface area contributed by atoms with Gasteiger partial charge in [-0.2, -0.15) is 0 Å². The van der Waals surface area contributed by atoms with Gasteiger partial charge in [-0.25, -0.2) is 0 Å². The van der Waals surface area contributed by atoms with Crippen LogP contribution in [-0.2, 0) is 12.8 Å². The third-order valence-corrected chi connectivity index (χ3v) is 5.62. The molecule has 6 nitrogen and oxygen atoms in total. The molecule has 0 amide bonds. The number of unbranched alkanes of at least 4 members (excludes halogenated alkanes) is 3. The van der Waals surface area contributed by atoms with Gasteiger partial charge in [-0.3, -0.25) is 0 Å². The van der Waals surface area contributed by atoms with Crippen molar-refractivity contribution in [2.75, 3.05) is 26.2 Å². The van der Waals surface area contributed by atoms with E-state index < -0.39 is 0 Å². The molecular formula is C23H32N2O4. The van der Waals surface area contributed by atoms with Gasteiger partial charge in [0.05, 0.1) is 0 Å². The van der Waals surface area contributed by atoms with E-state index in [-0.39, 0.29) is 23.0 Å². The maximum atomic E-state index is 9.61. The van der Waals surface area contributed by atoms with Crippen molar-refractivity contribution in [3.63, 3.8) is 0 Å². The molecule has 1 aliphatic carbocycles. The van der Waals surface area contributed by atoms with Gasteiger partial charge in [-0.05, 0) is 86.3 Å². The average Bonchev–Trinajstić information content (AvgIpc) is 2.69. The molecule has 0 radical (unpaired) electrons. The van der Waals surface area contributed by atoms with E-state index in [9.17, 15) is 20.4 Å². The topological polar surface area (TPSA) is 105 Å². The molecule has 6 heteroatoms. The number of fused-ring (bicyclic) bond motifs is 1. The van der Waals surface area contributed by atoms with Crippen LogP contribution in [0.2, 0.25) is 0 Å². The molecule has 2 aromatic rings. The first kappa shape index (κ1) is 21.3. The van der Waals surface area contributed by atoms with Crippen LogP contribution in [0.1, 0.15) is 48.3 Å². The molecular weight excluding hydrogens is 368 g/mol. The molecule has 1 atom stereocenters. The van der Waals surface area contributed by atoms with E-state index in [4.69, 9.17) is 0 Å². The highest BCUT2D eigenvalue weighted by molar-refractivity contribution is 5.52. The van der Waals surface area contributed by atoms with Gasteiger partial charge in [0, 0.05) is 12.5 Å². The Balaban J connectivity index is 1.15. The van der Waals surface area contributed by atoms with Crippen LogP contribution in [0.4, 0.5) is 0 Å². The van der Waals surface area contributed by atoms with Gasteiger partial charge >= 0.3 is 0 Å². The van der Waals surface area contributed by atoms with Gasteiger partial charge < -0.3 is 31.1 Å². The number of nitrogens with one attached hydrogen (secondary N) is 2. The summed E-state index contributed by atoms with van der Waals surface area (Å²) >= 11 is 0. The molecule has 158 valence electrons. The fourth-order valence-electron chi connectivity index (χ4n) is 3.83. The number of hydrogen-bond donors (Lipinski definition) is 6. The highest BCUT2D eigenvalue weighted by Crippen LogP contribution is 2.41. The Morgan fingerprint density at radius 1 is 0.724 bits per heavy atom. The van der Waals surface area contributed by atoms with Crippen LogP contribution in [0.5, 0.6) is 23.0 Å². The lowest BCUT2D eigenvalue weighted by atomic mass is 9.77. The SMILES string of the molecule is Oc1ccc(CCNCCCCCCNCC2Cc3cc(O)c(O)cc32)cc1O. The first-order valence-corrected chi connectivity index (χ1v) is 10.5. The van der Waals surface area contributed by atoms with Gasteiger partial charge in [0.2, 0.25) is 0 Å². The molecule has 0 heterocycles. The average molecular weight is 401 g/mol. The zero-order chi connectivity index (χ0) is 20.6. The van der Waals surface area contributed by atoms with Gasteiger partial charge in [0.15, 0.2) is 23.0 Å². The molecule has 0 saturated carbocycles. The second kappa shape index (κ2) is 10.4. The molecule has 0 fully saturated rings. The lowest BCUT2D eigenvalue weighted by molar-refractivity contribution is 0.398. The van der Waals surface area contributed by atoms with E-state index in [0.29, 0.717) is 5.92 Å². The molecule has 29 heavy (non-hydrogen) atoms. The van der Waals surface area contributed by atoms with Crippen molar-refractivity contribution in [3.8, 4) is 23.0 Å². The normalized spacial score (nSPS) is 15.1. The Bertz CT molecular complexity index is 810. The van der Waals surface area contributed by atoms with Crippen LogP contribution in [0.15, 0.2) is 30.3 Å². The van der Waals surface area contributed by atoms with Gasteiger partial charge in [0.25, 0.3) is 0 Å². The summed E-state index contributed by atoms with van der Waals surface area (Å²) < 4.78 is 0. The second-order valence-electron chi connectivity index (χ2n) is 7.88. The summed E-state index contributed by atoms with van der Waals surface area (Å²) in [7, 11) is 0.